The molecule has 166 valence electrons. The zero-order valence-electron chi connectivity index (χ0n) is 18.6. The first kappa shape index (κ1) is 21.9. The van der Waals surface area contributed by atoms with Crippen molar-refractivity contribution in [3.05, 3.63) is 65.3 Å². The molecule has 0 spiro atoms. The standard InChI is InChI=1S/C24H29N7O/c1-17-6-4-5-7-19(17)20-14-21(22(28-20)16-25-3)29-23-15-24(27-18(2)26-23)31-10-8-30(9-11-31)12-13-32/h4-7,14-16,28,32H,3,8-13H2,1-2H3/b22-16+,29-21-. The predicted molar refractivity (Wildman–Crippen MR) is 130 cm³/mol. The zero-order valence-corrected chi connectivity index (χ0v) is 18.6. The van der Waals surface area contributed by atoms with Gasteiger partial charge in [0.1, 0.15) is 11.6 Å². The van der Waals surface area contributed by atoms with Crippen molar-refractivity contribution in [2.24, 2.45) is 9.98 Å². The van der Waals surface area contributed by atoms with Gasteiger partial charge in [0.05, 0.1) is 24.2 Å². The summed E-state index contributed by atoms with van der Waals surface area (Å²) in [7, 11) is 0. The first-order valence-corrected chi connectivity index (χ1v) is 10.8. The van der Waals surface area contributed by atoms with Crippen molar-refractivity contribution in [3.8, 4) is 0 Å². The topological polar surface area (TPSA) is 89.2 Å². The number of piperazine rings is 1. The van der Waals surface area contributed by atoms with Crippen LogP contribution in [0, 0.1) is 13.8 Å². The van der Waals surface area contributed by atoms with Crippen LogP contribution in [0.15, 0.2) is 58.3 Å². The number of aliphatic hydroxyl groups excluding tert-OH is 1. The van der Waals surface area contributed by atoms with Gasteiger partial charge in [-0.25, -0.2) is 15.0 Å². The largest absolute Gasteiger partial charge is 0.395 e. The fourth-order valence-electron chi connectivity index (χ4n) is 3.98. The number of β-amino-alcohol motifs (C(OH)–C–C–N with tert-alkyl or cyclic N) is 1. The molecule has 1 fully saturated rings. The molecule has 4 rings (SSSR count). The molecular weight excluding hydrogens is 402 g/mol. The Morgan fingerprint density at radius 1 is 1.16 bits per heavy atom. The summed E-state index contributed by atoms with van der Waals surface area (Å²) in [6.45, 7) is 12.0. The molecule has 8 nitrogen and oxygen atoms in total. The predicted octanol–water partition coefficient (Wildman–Crippen LogP) is 2.47. The lowest BCUT2D eigenvalue weighted by atomic mass is 10.1. The number of aliphatic imine (C=N–C) groups is 2. The van der Waals surface area contributed by atoms with Gasteiger partial charge >= 0.3 is 0 Å². The number of nitrogens with zero attached hydrogens (tertiary/aromatic N) is 6. The normalized spacial score (nSPS) is 19.3. The SMILES string of the molecule is C=N/C=C1/NC(c2ccccc2C)=C/C1=N/c1cc(N2CCN(CCO)CC2)nc(C)n1. The van der Waals surface area contributed by atoms with Crippen LogP contribution >= 0.6 is 0 Å². The average molecular weight is 432 g/mol. The second kappa shape index (κ2) is 9.84. The monoisotopic (exact) mass is 431 g/mol. The lowest BCUT2D eigenvalue weighted by molar-refractivity contribution is 0.188. The van der Waals surface area contributed by atoms with E-state index >= 15 is 0 Å². The van der Waals surface area contributed by atoms with Crippen molar-refractivity contribution in [3.63, 3.8) is 0 Å². The second-order valence-corrected chi connectivity index (χ2v) is 7.90. The molecule has 2 aliphatic rings. The minimum absolute atomic E-state index is 0.190. The van der Waals surface area contributed by atoms with E-state index in [4.69, 9.17) is 10.1 Å². The molecule has 8 heteroatoms. The number of benzene rings is 1. The van der Waals surface area contributed by atoms with Gasteiger partial charge in [-0.05, 0) is 32.2 Å². The minimum Gasteiger partial charge on any atom is -0.395 e. The third-order valence-electron chi connectivity index (χ3n) is 5.64. The van der Waals surface area contributed by atoms with Crippen LogP contribution in [0.5, 0.6) is 0 Å². The first-order chi connectivity index (χ1) is 15.6. The number of anilines is 1. The highest BCUT2D eigenvalue weighted by atomic mass is 16.3. The van der Waals surface area contributed by atoms with E-state index < -0.39 is 0 Å². The van der Waals surface area contributed by atoms with E-state index in [2.05, 4.69) is 55.9 Å². The van der Waals surface area contributed by atoms with Crippen LogP contribution in [0.4, 0.5) is 11.6 Å². The highest BCUT2D eigenvalue weighted by Crippen LogP contribution is 2.26. The molecule has 32 heavy (non-hydrogen) atoms. The van der Waals surface area contributed by atoms with E-state index in [0.29, 0.717) is 18.2 Å². The quantitative estimate of drug-likeness (QED) is 0.683. The van der Waals surface area contributed by atoms with E-state index in [1.54, 1.807) is 6.20 Å². The van der Waals surface area contributed by atoms with Gasteiger partial charge in [-0.2, -0.15) is 0 Å². The molecule has 2 aromatic rings. The molecule has 2 aliphatic heterocycles. The molecule has 0 amide bonds. The summed E-state index contributed by atoms with van der Waals surface area (Å²) in [6.07, 6.45) is 3.69. The van der Waals surface area contributed by atoms with E-state index in [1.807, 2.05) is 31.2 Å². The van der Waals surface area contributed by atoms with Gasteiger partial charge in [0.2, 0.25) is 0 Å². The Morgan fingerprint density at radius 2 is 1.94 bits per heavy atom. The summed E-state index contributed by atoms with van der Waals surface area (Å²) in [5.41, 5.74) is 4.82. The lowest BCUT2D eigenvalue weighted by Crippen LogP contribution is -2.47. The van der Waals surface area contributed by atoms with Crippen LogP contribution in [0.2, 0.25) is 0 Å². The Balaban J connectivity index is 1.62. The summed E-state index contributed by atoms with van der Waals surface area (Å²) in [5.74, 6) is 2.17. The van der Waals surface area contributed by atoms with Crippen molar-refractivity contribution in [1.82, 2.24) is 20.2 Å². The number of aryl methyl sites for hydroxylation is 2. The highest BCUT2D eigenvalue weighted by Gasteiger charge is 2.21. The third-order valence-corrected chi connectivity index (χ3v) is 5.64. The van der Waals surface area contributed by atoms with Crippen molar-refractivity contribution in [2.75, 3.05) is 44.2 Å². The van der Waals surface area contributed by atoms with E-state index in [0.717, 1.165) is 54.7 Å². The number of aromatic nitrogens is 2. The Hall–Kier alpha value is -3.36. The summed E-state index contributed by atoms with van der Waals surface area (Å²) < 4.78 is 0. The smallest absolute Gasteiger partial charge is 0.158 e. The van der Waals surface area contributed by atoms with Gasteiger partial charge < -0.3 is 15.3 Å². The Bertz CT molecular complexity index is 1080. The van der Waals surface area contributed by atoms with E-state index in [-0.39, 0.29) is 6.61 Å². The third kappa shape index (κ3) is 4.92. The van der Waals surface area contributed by atoms with Gasteiger partial charge in [-0.15, -0.1) is 0 Å². The lowest BCUT2D eigenvalue weighted by Gasteiger charge is -2.35. The van der Waals surface area contributed by atoms with Crippen molar-refractivity contribution in [2.45, 2.75) is 13.8 Å². The fourth-order valence-corrected chi connectivity index (χ4v) is 3.98. The van der Waals surface area contributed by atoms with E-state index in [9.17, 15) is 0 Å². The molecule has 0 bridgehead atoms. The number of aliphatic hydroxyl groups is 1. The number of allylic oxidation sites excluding steroid dienone is 1. The second-order valence-electron chi connectivity index (χ2n) is 7.90. The van der Waals surface area contributed by atoms with E-state index in [1.165, 1.54) is 5.56 Å². The maximum Gasteiger partial charge on any atom is 0.158 e. The van der Waals surface area contributed by atoms with Crippen LogP contribution in [-0.4, -0.2) is 71.7 Å². The van der Waals surface area contributed by atoms with Gasteiger partial charge in [0.25, 0.3) is 0 Å². The molecule has 0 saturated carbocycles. The summed E-state index contributed by atoms with van der Waals surface area (Å²) in [4.78, 5) is 22.4. The Morgan fingerprint density at radius 3 is 2.66 bits per heavy atom. The van der Waals surface area contributed by atoms with Crippen LogP contribution in [0.25, 0.3) is 5.70 Å². The average Bonchev–Trinajstić information content (AvgIpc) is 3.16. The van der Waals surface area contributed by atoms with Crippen molar-refractivity contribution in [1.29, 1.82) is 0 Å². The van der Waals surface area contributed by atoms with Crippen LogP contribution in [-0.2, 0) is 0 Å². The number of rotatable bonds is 6. The molecule has 0 unspecified atom stereocenters. The molecule has 1 saturated heterocycles. The molecule has 2 N–H and O–H groups in total. The van der Waals surface area contributed by atoms with Crippen LogP contribution < -0.4 is 10.2 Å². The highest BCUT2D eigenvalue weighted by molar-refractivity contribution is 6.17. The summed E-state index contributed by atoms with van der Waals surface area (Å²) >= 11 is 0. The van der Waals surface area contributed by atoms with Crippen molar-refractivity contribution >= 4 is 29.8 Å². The summed E-state index contributed by atoms with van der Waals surface area (Å²) in [6, 6.07) is 10.2. The number of nitrogens with one attached hydrogen (secondary N) is 1. The Labute approximate surface area is 188 Å². The van der Waals surface area contributed by atoms with Gasteiger partial charge in [0, 0.05) is 50.1 Å². The minimum atomic E-state index is 0.190. The van der Waals surface area contributed by atoms with Gasteiger partial charge in [0.15, 0.2) is 5.82 Å². The first-order valence-electron chi connectivity index (χ1n) is 10.8. The molecule has 0 aliphatic carbocycles. The molecule has 0 radical (unpaired) electrons. The molecule has 1 aromatic heterocycles. The van der Waals surface area contributed by atoms with Gasteiger partial charge in [-0.3, -0.25) is 9.89 Å². The maximum absolute atomic E-state index is 9.16. The summed E-state index contributed by atoms with van der Waals surface area (Å²) in [5, 5.41) is 12.6. The molecular formula is C24H29N7O. The number of hydrogen-bond acceptors (Lipinski definition) is 8. The molecule has 1 aromatic carbocycles. The Kier molecular flexibility index (Phi) is 6.72. The van der Waals surface area contributed by atoms with Crippen molar-refractivity contribution < 1.29 is 5.11 Å². The molecule has 3 heterocycles. The number of hydrogen-bond donors (Lipinski definition) is 2. The molecule has 0 atom stereocenters. The maximum atomic E-state index is 9.16. The van der Waals surface area contributed by atoms with Crippen LogP contribution in [0.3, 0.4) is 0 Å². The van der Waals surface area contributed by atoms with Crippen LogP contribution in [0.1, 0.15) is 17.0 Å². The zero-order chi connectivity index (χ0) is 22.5. The fraction of sp³-hybridized carbons (Fsp3) is 0.333. The van der Waals surface area contributed by atoms with Gasteiger partial charge in [-0.1, -0.05) is 24.3 Å².